The number of carbonyl (C=O) groups is 2. The molecular weight excluding hydrogens is 354 g/mol. The first-order valence-corrected chi connectivity index (χ1v) is 9.80. The summed E-state index contributed by atoms with van der Waals surface area (Å²) >= 11 is 2.96. The van der Waals surface area contributed by atoms with E-state index < -0.39 is 0 Å². The number of rotatable bonds is 3. The molecule has 0 bridgehead atoms. The Morgan fingerprint density at radius 1 is 1.32 bits per heavy atom. The zero-order valence-corrected chi connectivity index (χ0v) is 15.6. The van der Waals surface area contributed by atoms with Gasteiger partial charge >= 0.3 is 0 Å². The van der Waals surface area contributed by atoms with Gasteiger partial charge < -0.3 is 10.2 Å². The number of para-hydroxylation sites is 1. The van der Waals surface area contributed by atoms with Crippen LogP contribution in [-0.2, 0) is 11.2 Å². The highest BCUT2D eigenvalue weighted by Crippen LogP contribution is 2.45. The summed E-state index contributed by atoms with van der Waals surface area (Å²) in [5.74, 6) is -0.0894. The smallest absolute Gasteiger partial charge is 0.264 e. The molecule has 4 rings (SSSR count). The molecule has 0 radical (unpaired) electrons. The Balaban J connectivity index is 1.91. The van der Waals surface area contributed by atoms with Gasteiger partial charge in [-0.3, -0.25) is 9.59 Å². The second-order valence-electron chi connectivity index (χ2n) is 5.92. The Morgan fingerprint density at radius 3 is 2.84 bits per heavy atom. The van der Waals surface area contributed by atoms with Gasteiger partial charge in [0.1, 0.15) is 10.0 Å². The summed E-state index contributed by atoms with van der Waals surface area (Å²) in [6, 6.07) is 7.98. The first-order chi connectivity index (χ1) is 12.1. The quantitative estimate of drug-likeness (QED) is 0.757. The van der Waals surface area contributed by atoms with Gasteiger partial charge in [0.2, 0.25) is 5.91 Å². The number of thiophene rings is 1. The number of benzene rings is 1. The third-order valence-corrected chi connectivity index (χ3v) is 6.49. The molecule has 7 heteroatoms. The summed E-state index contributed by atoms with van der Waals surface area (Å²) in [5, 5.41) is 4.49. The third kappa shape index (κ3) is 2.73. The van der Waals surface area contributed by atoms with Gasteiger partial charge in [0, 0.05) is 25.6 Å². The number of amides is 2. The van der Waals surface area contributed by atoms with Crippen molar-refractivity contribution in [3.63, 3.8) is 0 Å². The molecule has 0 saturated heterocycles. The van der Waals surface area contributed by atoms with Crippen LogP contribution in [0.4, 0.5) is 5.00 Å². The average Bonchev–Trinajstić information content (AvgIpc) is 3.15. The molecule has 0 aliphatic carbocycles. The van der Waals surface area contributed by atoms with E-state index in [2.05, 4.69) is 5.32 Å². The molecular formula is C18H17N3O2S2. The van der Waals surface area contributed by atoms with Gasteiger partial charge in [-0.1, -0.05) is 12.1 Å². The first kappa shape index (κ1) is 16.2. The van der Waals surface area contributed by atoms with Crippen LogP contribution >= 0.6 is 22.7 Å². The normalized spacial score (nSPS) is 14.0. The molecule has 1 N–H and O–H groups in total. The molecule has 0 fully saturated rings. The van der Waals surface area contributed by atoms with Gasteiger partial charge in [-0.05, 0) is 31.0 Å². The second-order valence-corrected chi connectivity index (χ2v) is 7.97. The summed E-state index contributed by atoms with van der Waals surface area (Å²) in [5.41, 5.74) is 2.87. The monoisotopic (exact) mass is 371 g/mol. The Morgan fingerprint density at radius 2 is 2.12 bits per heavy atom. The molecule has 1 aromatic carbocycles. The maximum Gasteiger partial charge on any atom is 0.264 e. The Labute approximate surface area is 153 Å². The fraction of sp³-hybridized carbons (Fsp3) is 0.278. The van der Waals surface area contributed by atoms with E-state index in [9.17, 15) is 9.59 Å². The highest BCUT2D eigenvalue weighted by Gasteiger charge is 2.31. The van der Waals surface area contributed by atoms with E-state index in [-0.39, 0.29) is 11.8 Å². The Kier molecular flexibility index (Phi) is 4.05. The van der Waals surface area contributed by atoms with E-state index in [0.29, 0.717) is 13.1 Å². The summed E-state index contributed by atoms with van der Waals surface area (Å²) in [6.07, 6.45) is 0.788. The van der Waals surface area contributed by atoms with Gasteiger partial charge in [0.05, 0.1) is 15.1 Å². The van der Waals surface area contributed by atoms with E-state index >= 15 is 0 Å². The minimum Gasteiger partial charge on any atom is -0.338 e. The van der Waals surface area contributed by atoms with E-state index in [0.717, 1.165) is 42.7 Å². The van der Waals surface area contributed by atoms with Crippen molar-refractivity contribution in [2.75, 3.05) is 18.4 Å². The molecule has 5 nitrogen and oxygen atoms in total. The van der Waals surface area contributed by atoms with Crippen molar-refractivity contribution in [1.82, 2.24) is 9.88 Å². The molecule has 25 heavy (non-hydrogen) atoms. The molecule has 3 aromatic rings. The first-order valence-electron chi connectivity index (χ1n) is 8.17. The van der Waals surface area contributed by atoms with Crippen LogP contribution < -0.4 is 5.32 Å². The van der Waals surface area contributed by atoms with Crippen LogP contribution in [0.1, 0.15) is 29.1 Å². The minimum atomic E-state index is -0.138. The van der Waals surface area contributed by atoms with Crippen LogP contribution in [0.15, 0.2) is 24.3 Å². The van der Waals surface area contributed by atoms with Crippen molar-refractivity contribution in [1.29, 1.82) is 0 Å². The maximum atomic E-state index is 12.7. The van der Waals surface area contributed by atoms with E-state index in [1.807, 2.05) is 36.1 Å². The SMILES string of the molecule is CCN1CCc2c(sc(NC(C)=O)c2-c2nc3ccccc3s2)C1=O. The van der Waals surface area contributed by atoms with Crippen molar-refractivity contribution in [3.05, 3.63) is 34.7 Å². The molecule has 128 valence electrons. The van der Waals surface area contributed by atoms with E-state index in [4.69, 9.17) is 4.98 Å². The number of nitrogens with one attached hydrogen (secondary N) is 1. The standard InChI is InChI=1S/C18H17N3O2S2/c1-3-21-9-8-11-14(16(19-10(2)22)25-15(11)18(21)23)17-20-12-6-4-5-7-13(12)24-17/h4-7H,3,8-9H2,1-2H3,(H,19,22). The van der Waals surface area contributed by atoms with E-state index in [1.165, 1.54) is 18.3 Å². The van der Waals surface area contributed by atoms with Crippen LogP contribution in [0.25, 0.3) is 20.8 Å². The minimum absolute atomic E-state index is 0.0488. The third-order valence-electron chi connectivity index (χ3n) is 4.30. The number of fused-ring (bicyclic) bond motifs is 2. The number of thiazole rings is 1. The summed E-state index contributed by atoms with van der Waals surface area (Å²) in [7, 11) is 0. The maximum absolute atomic E-state index is 12.7. The number of aromatic nitrogens is 1. The molecule has 2 amide bonds. The number of hydrogen-bond acceptors (Lipinski definition) is 5. The fourth-order valence-electron chi connectivity index (χ4n) is 3.12. The number of likely N-dealkylation sites (N-methyl/N-ethyl adjacent to an activating group) is 1. The summed E-state index contributed by atoms with van der Waals surface area (Å²) < 4.78 is 1.10. The van der Waals surface area contributed by atoms with Crippen LogP contribution in [0, 0.1) is 0 Å². The van der Waals surface area contributed by atoms with Crippen molar-refractivity contribution in [3.8, 4) is 10.6 Å². The lowest BCUT2D eigenvalue weighted by Gasteiger charge is -2.25. The molecule has 3 heterocycles. The van der Waals surface area contributed by atoms with Crippen LogP contribution in [0.5, 0.6) is 0 Å². The second kappa shape index (κ2) is 6.24. The van der Waals surface area contributed by atoms with Crippen LogP contribution in [0.3, 0.4) is 0 Å². The molecule has 0 atom stereocenters. The van der Waals surface area contributed by atoms with Crippen molar-refractivity contribution >= 4 is 49.7 Å². The largest absolute Gasteiger partial charge is 0.338 e. The topological polar surface area (TPSA) is 62.3 Å². The van der Waals surface area contributed by atoms with E-state index in [1.54, 1.807) is 11.3 Å². The number of hydrogen-bond donors (Lipinski definition) is 1. The Bertz CT molecular complexity index is 957. The van der Waals surface area contributed by atoms with Crippen molar-refractivity contribution in [2.24, 2.45) is 0 Å². The predicted octanol–water partition coefficient (Wildman–Crippen LogP) is 4.00. The number of nitrogens with zero attached hydrogens (tertiary/aromatic N) is 2. The lowest BCUT2D eigenvalue weighted by Crippen LogP contribution is -2.36. The van der Waals surface area contributed by atoms with Crippen molar-refractivity contribution in [2.45, 2.75) is 20.3 Å². The van der Waals surface area contributed by atoms with Gasteiger partial charge in [-0.2, -0.15) is 0 Å². The summed E-state index contributed by atoms with van der Waals surface area (Å²) in [6.45, 7) is 4.87. The molecule has 0 saturated carbocycles. The molecule has 1 aliphatic heterocycles. The van der Waals surface area contributed by atoms with Gasteiger partial charge in [-0.15, -0.1) is 22.7 Å². The summed E-state index contributed by atoms with van der Waals surface area (Å²) in [4.78, 5) is 31.7. The lowest BCUT2D eigenvalue weighted by atomic mass is 10.0. The van der Waals surface area contributed by atoms with Gasteiger partial charge in [-0.25, -0.2) is 4.98 Å². The van der Waals surface area contributed by atoms with Gasteiger partial charge in [0.25, 0.3) is 5.91 Å². The molecule has 0 unspecified atom stereocenters. The number of carbonyl (C=O) groups excluding carboxylic acids is 2. The Hall–Kier alpha value is -2.25. The van der Waals surface area contributed by atoms with Crippen LogP contribution in [0.2, 0.25) is 0 Å². The number of anilines is 1. The predicted molar refractivity (Wildman–Crippen MR) is 103 cm³/mol. The van der Waals surface area contributed by atoms with Crippen molar-refractivity contribution < 1.29 is 9.59 Å². The fourth-order valence-corrected chi connectivity index (χ4v) is 5.50. The zero-order valence-electron chi connectivity index (χ0n) is 14.0. The lowest BCUT2D eigenvalue weighted by molar-refractivity contribution is -0.114. The zero-order chi connectivity index (χ0) is 17.6. The highest BCUT2D eigenvalue weighted by molar-refractivity contribution is 7.23. The van der Waals surface area contributed by atoms with Crippen LogP contribution in [-0.4, -0.2) is 34.8 Å². The molecule has 2 aromatic heterocycles. The molecule has 1 aliphatic rings. The average molecular weight is 371 g/mol. The highest BCUT2D eigenvalue weighted by atomic mass is 32.1. The molecule has 0 spiro atoms. The van der Waals surface area contributed by atoms with Gasteiger partial charge in [0.15, 0.2) is 0 Å².